The lowest BCUT2D eigenvalue weighted by Crippen LogP contribution is -2.40. The van der Waals surface area contributed by atoms with Crippen molar-refractivity contribution in [2.45, 2.75) is 17.9 Å². The van der Waals surface area contributed by atoms with Crippen molar-refractivity contribution in [1.29, 1.82) is 0 Å². The van der Waals surface area contributed by atoms with E-state index in [0.29, 0.717) is 11.4 Å². The van der Waals surface area contributed by atoms with Gasteiger partial charge in [-0.2, -0.15) is 4.31 Å². The first kappa shape index (κ1) is 20.4. The number of hydrogen-bond acceptors (Lipinski definition) is 4. The fourth-order valence-electron chi connectivity index (χ4n) is 2.29. The summed E-state index contributed by atoms with van der Waals surface area (Å²) in [5, 5.41) is 11.8. The van der Waals surface area contributed by atoms with Gasteiger partial charge in [0.15, 0.2) is 0 Å². The molecule has 0 bridgehead atoms. The summed E-state index contributed by atoms with van der Waals surface area (Å²) < 4.78 is 27.1. The second-order valence-electron chi connectivity index (χ2n) is 5.64. The summed E-state index contributed by atoms with van der Waals surface area (Å²) in [7, 11) is -3.88. The molecule has 0 fully saturated rings. The molecule has 0 aliphatic heterocycles. The molecule has 0 aromatic heterocycles. The third-order valence-electron chi connectivity index (χ3n) is 3.63. The van der Waals surface area contributed by atoms with Crippen LogP contribution >= 0.6 is 11.6 Å². The van der Waals surface area contributed by atoms with E-state index in [1.54, 1.807) is 12.1 Å². The van der Waals surface area contributed by atoms with E-state index >= 15 is 0 Å². The molecule has 6 nitrogen and oxygen atoms in total. The number of benzene rings is 2. The fraction of sp³-hybridized carbons (Fsp3) is 0.278. The first-order valence-corrected chi connectivity index (χ1v) is 9.92. The van der Waals surface area contributed by atoms with Gasteiger partial charge >= 0.3 is 0 Å². The SMILES string of the molecule is O=C(CN(Cc1ccccc1)S(=O)(=O)c1ccc(Cl)cc1)NCCCO. The number of aliphatic hydroxyl groups is 1. The highest BCUT2D eigenvalue weighted by atomic mass is 35.5. The summed E-state index contributed by atoms with van der Waals surface area (Å²) in [6, 6.07) is 14.9. The molecular weight excluding hydrogens is 376 g/mol. The molecule has 0 heterocycles. The Kier molecular flexibility index (Phi) is 7.59. The van der Waals surface area contributed by atoms with Crippen molar-refractivity contribution in [1.82, 2.24) is 9.62 Å². The molecule has 26 heavy (non-hydrogen) atoms. The number of sulfonamides is 1. The third kappa shape index (κ3) is 5.81. The summed E-state index contributed by atoms with van der Waals surface area (Å²) in [6.07, 6.45) is 0.411. The molecule has 1 amide bonds. The van der Waals surface area contributed by atoms with Crippen molar-refractivity contribution in [3.8, 4) is 0 Å². The Balaban J connectivity index is 2.23. The van der Waals surface area contributed by atoms with Gasteiger partial charge in [0.25, 0.3) is 0 Å². The predicted molar refractivity (Wildman–Crippen MR) is 100 cm³/mol. The quantitative estimate of drug-likeness (QED) is 0.635. The monoisotopic (exact) mass is 396 g/mol. The molecule has 0 spiro atoms. The smallest absolute Gasteiger partial charge is 0.243 e. The topological polar surface area (TPSA) is 86.7 Å². The van der Waals surface area contributed by atoms with E-state index in [1.807, 2.05) is 18.2 Å². The first-order valence-electron chi connectivity index (χ1n) is 8.10. The Labute approximate surface area is 158 Å². The Morgan fingerprint density at radius 1 is 1.08 bits per heavy atom. The molecule has 8 heteroatoms. The highest BCUT2D eigenvalue weighted by Crippen LogP contribution is 2.20. The van der Waals surface area contributed by atoms with Crippen molar-refractivity contribution in [3.63, 3.8) is 0 Å². The maximum atomic E-state index is 13.0. The number of amides is 1. The Bertz CT molecular complexity index is 811. The van der Waals surface area contributed by atoms with Crippen LogP contribution in [0, 0.1) is 0 Å². The van der Waals surface area contributed by atoms with Crippen LogP contribution < -0.4 is 5.32 Å². The van der Waals surface area contributed by atoms with E-state index in [0.717, 1.165) is 9.87 Å². The van der Waals surface area contributed by atoms with Crippen LogP contribution in [-0.4, -0.2) is 43.4 Å². The van der Waals surface area contributed by atoms with Gasteiger partial charge < -0.3 is 10.4 Å². The molecule has 0 saturated heterocycles. The normalized spacial score (nSPS) is 11.5. The van der Waals surface area contributed by atoms with Gasteiger partial charge in [0.2, 0.25) is 15.9 Å². The summed E-state index contributed by atoms with van der Waals surface area (Å²) in [5.41, 5.74) is 0.771. The van der Waals surface area contributed by atoms with E-state index in [9.17, 15) is 13.2 Å². The lowest BCUT2D eigenvalue weighted by Gasteiger charge is -2.22. The van der Waals surface area contributed by atoms with Gasteiger partial charge in [-0.15, -0.1) is 0 Å². The van der Waals surface area contributed by atoms with Crippen molar-refractivity contribution in [2.24, 2.45) is 0 Å². The number of aliphatic hydroxyl groups excluding tert-OH is 1. The number of carbonyl (C=O) groups excluding carboxylic acids is 1. The predicted octanol–water partition coefficient (Wildman–Crippen LogP) is 2.03. The fourth-order valence-corrected chi connectivity index (χ4v) is 3.80. The number of nitrogens with one attached hydrogen (secondary N) is 1. The van der Waals surface area contributed by atoms with Crippen LogP contribution in [0.1, 0.15) is 12.0 Å². The Hall–Kier alpha value is -1.93. The van der Waals surface area contributed by atoms with E-state index < -0.39 is 15.9 Å². The van der Waals surface area contributed by atoms with Gasteiger partial charge in [-0.05, 0) is 36.2 Å². The molecule has 0 atom stereocenters. The van der Waals surface area contributed by atoms with Crippen LogP contribution in [0.15, 0.2) is 59.5 Å². The zero-order chi connectivity index (χ0) is 19.0. The lowest BCUT2D eigenvalue weighted by atomic mass is 10.2. The molecule has 0 radical (unpaired) electrons. The van der Waals surface area contributed by atoms with Gasteiger partial charge in [0, 0.05) is 24.7 Å². The summed E-state index contributed by atoms with van der Waals surface area (Å²) in [6.45, 7) is -0.00289. The van der Waals surface area contributed by atoms with Crippen LogP contribution in [0.5, 0.6) is 0 Å². The van der Waals surface area contributed by atoms with Crippen molar-refractivity contribution < 1.29 is 18.3 Å². The van der Waals surface area contributed by atoms with Crippen LogP contribution in [-0.2, 0) is 21.4 Å². The van der Waals surface area contributed by atoms with Gasteiger partial charge in [-0.25, -0.2) is 8.42 Å². The van der Waals surface area contributed by atoms with E-state index in [4.69, 9.17) is 16.7 Å². The number of nitrogens with zero attached hydrogens (tertiary/aromatic N) is 1. The Morgan fingerprint density at radius 2 is 1.73 bits per heavy atom. The van der Waals surface area contributed by atoms with Crippen molar-refractivity contribution >= 4 is 27.5 Å². The second-order valence-corrected chi connectivity index (χ2v) is 8.01. The highest BCUT2D eigenvalue weighted by Gasteiger charge is 2.26. The van der Waals surface area contributed by atoms with Gasteiger partial charge in [0.1, 0.15) is 0 Å². The zero-order valence-corrected chi connectivity index (χ0v) is 15.7. The Morgan fingerprint density at radius 3 is 2.35 bits per heavy atom. The molecule has 2 N–H and O–H groups in total. The average molecular weight is 397 g/mol. The standard InChI is InChI=1S/C18H21ClN2O4S/c19-16-7-9-17(10-8-16)26(24,25)21(13-15-5-2-1-3-6-15)14-18(23)20-11-4-12-22/h1-3,5-10,22H,4,11-14H2,(H,20,23). The maximum Gasteiger partial charge on any atom is 0.243 e. The number of rotatable bonds is 9. The molecule has 0 aliphatic rings. The van der Waals surface area contributed by atoms with Crippen LogP contribution in [0.4, 0.5) is 0 Å². The average Bonchev–Trinajstić information content (AvgIpc) is 2.62. The van der Waals surface area contributed by atoms with E-state index in [-0.39, 0.29) is 31.1 Å². The minimum absolute atomic E-state index is 0.0446. The van der Waals surface area contributed by atoms with Gasteiger partial charge in [-0.3, -0.25) is 4.79 Å². The molecule has 2 aromatic rings. The van der Waals surface area contributed by atoms with Gasteiger partial charge in [0.05, 0.1) is 11.4 Å². The van der Waals surface area contributed by atoms with Gasteiger partial charge in [-0.1, -0.05) is 41.9 Å². The maximum absolute atomic E-state index is 13.0. The number of carbonyl (C=O) groups is 1. The van der Waals surface area contributed by atoms with Crippen LogP contribution in [0.2, 0.25) is 5.02 Å². The van der Waals surface area contributed by atoms with Crippen molar-refractivity contribution in [3.05, 3.63) is 65.2 Å². The molecular formula is C18H21ClN2O4S. The van der Waals surface area contributed by atoms with Crippen LogP contribution in [0.25, 0.3) is 0 Å². The minimum atomic E-state index is -3.88. The number of halogens is 1. The first-order chi connectivity index (χ1) is 12.4. The summed E-state index contributed by atoms with van der Waals surface area (Å²) in [4.78, 5) is 12.2. The van der Waals surface area contributed by atoms with E-state index in [2.05, 4.69) is 5.32 Å². The van der Waals surface area contributed by atoms with E-state index in [1.165, 1.54) is 24.3 Å². The second kappa shape index (κ2) is 9.68. The molecule has 0 saturated carbocycles. The van der Waals surface area contributed by atoms with Crippen LogP contribution in [0.3, 0.4) is 0 Å². The molecule has 140 valence electrons. The number of hydrogen-bond donors (Lipinski definition) is 2. The highest BCUT2D eigenvalue weighted by molar-refractivity contribution is 7.89. The summed E-state index contributed by atoms with van der Waals surface area (Å²) in [5.74, 6) is -0.424. The molecule has 2 rings (SSSR count). The minimum Gasteiger partial charge on any atom is -0.396 e. The molecule has 0 aliphatic carbocycles. The molecule has 2 aromatic carbocycles. The molecule has 0 unspecified atom stereocenters. The largest absolute Gasteiger partial charge is 0.396 e. The van der Waals surface area contributed by atoms with Crippen molar-refractivity contribution in [2.75, 3.05) is 19.7 Å². The zero-order valence-electron chi connectivity index (χ0n) is 14.1. The summed E-state index contributed by atoms with van der Waals surface area (Å²) >= 11 is 5.83. The third-order valence-corrected chi connectivity index (χ3v) is 5.69. The lowest BCUT2D eigenvalue weighted by molar-refractivity contribution is -0.121.